The highest BCUT2D eigenvalue weighted by Gasteiger charge is 2.42. The lowest BCUT2D eigenvalue weighted by atomic mass is 10.0. The highest BCUT2D eigenvalue weighted by Crippen LogP contribution is 2.18. The average Bonchev–Trinajstić information content (AvgIpc) is 2.13. The molecule has 0 aromatic rings. The Kier molecular flexibility index (Phi) is 4.94. The van der Waals surface area contributed by atoms with Crippen LogP contribution in [-0.4, -0.2) is 54.0 Å². The second-order valence-electron chi connectivity index (χ2n) is 5.05. The molecule has 17 heavy (non-hydrogen) atoms. The maximum Gasteiger partial charge on any atom is 0.411 e. The molecule has 0 aliphatic carbocycles. The van der Waals surface area contributed by atoms with Crippen molar-refractivity contribution in [1.82, 2.24) is 4.90 Å². The van der Waals surface area contributed by atoms with Crippen molar-refractivity contribution in [2.75, 3.05) is 20.8 Å². The van der Waals surface area contributed by atoms with Crippen LogP contribution in [0.2, 0.25) is 0 Å². The van der Waals surface area contributed by atoms with Crippen LogP contribution in [0.15, 0.2) is 0 Å². The summed E-state index contributed by atoms with van der Waals surface area (Å²) in [4.78, 5) is 24.0. The molecule has 6 heteroatoms. The Balaban J connectivity index is 4.91. The highest BCUT2D eigenvalue weighted by atomic mass is 16.6. The van der Waals surface area contributed by atoms with E-state index in [2.05, 4.69) is 0 Å². The minimum Gasteiger partial charge on any atom is -0.479 e. The highest BCUT2D eigenvalue weighted by molar-refractivity contribution is 5.84. The molecule has 0 aliphatic heterocycles. The molecule has 0 heterocycles. The Hall–Kier alpha value is -1.30. The fourth-order valence-corrected chi connectivity index (χ4v) is 1.11. The van der Waals surface area contributed by atoms with Crippen molar-refractivity contribution >= 4 is 12.1 Å². The van der Waals surface area contributed by atoms with E-state index >= 15 is 0 Å². The van der Waals surface area contributed by atoms with E-state index in [1.165, 1.54) is 21.1 Å². The van der Waals surface area contributed by atoms with Crippen molar-refractivity contribution in [3.8, 4) is 0 Å². The maximum absolute atomic E-state index is 11.8. The molecule has 0 saturated heterocycles. The fourth-order valence-electron chi connectivity index (χ4n) is 1.11. The number of hydrogen-bond acceptors (Lipinski definition) is 4. The first-order valence-electron chi connectivity index (χ1n) is 5.24. The number of ether oxygens (including phenoxy) is 2. The number of likely N-dealkylation sites (N-methyl/N-ethyl adjacent to an activating group) is 1. The zero-order valence-electron chi connectivity index (χ0n) is 11.2. The predicted octanol–water partition coefficient (Wildman–Crippen LogP) is 1.34. The van der Waals surface area contributed by atoms with Gasteiger partial charge in [-0.05, 0) is 27.7 Å². The topological polar surface area (TPSA) is 76.1 Å². The standard InChI is InChI=1S/C11H21NO5/c1-10(2,3)17-9(15)12(5)11(4,7-16-6)8(13)14/h7H2,1-6H3,(H,13,14). The molecule has 0 rings (SSSR count). The summed E-state index contributed by atoms with van der Waals surface area (Å²) in [7, 11) is 2.76. The molecule has 0 saturated carbocycles. The van der Waals surface area contributed by atoms with Gasteiger partial charge in [0, 0.05) is 14.2 Å². The van der Waals surface area contributed by atoms with Gasteiger partial charge in [-0.2, -0.15) is 0 Å². The van der Waals surface area contributed by atoms with Crippen LogP contribution in [0.5, 0.6) is 0 Å². The number of rotatable bonds is 4. The van der Waals surface area contributed by atoms with E-state index < -0.39 is 23.2 Å². The Labute approximate surface area is 101 Å². The summed E-state index contributed by atoms with van der Waals surface area (Å²) in [6.45, 7) is 6.44. The van der Waals surface area contributed by atoms with Crippen LogP contribution in [0.3, 0.4) is 0 Å². The van der Waals surface area contributed by atoms with Gasteiger partial charge >= 0.3 is 12.1 Å². The zero-order valence-corrected chi connectivity index (χ0v) is 11.2. The second-order valence-corrected chi connectivity index (χ2v) is 5.05. The van der Waals surface area contributed by atoms with E-state index in [9.17, 15) is 9.59 Å². The SMILES string of the molecule is COCC(C)(C(=O)O)N(C)C(=O)OC(C)(C)C. The van der Waals surface area contributed by atoms with Gasteiger partial charge in [0.1, 0.15) is 5.60 Å². The van der Waals surface area contributed by atoms with Crippen LogP contribution < -0.4 is 0 Å². The molecule has 1 unspecified atom stereocenters. The third kappa shape index (κ3) is 4.22. The van der Waals surface area contributed by atoms with Crippen LogP contribution in [0.25, 0.3) is 0 Å². The normalized spacial score (nSPS) is 14.9. The van der Waals surface area contributed by atoms with Crippen molar-refractivity contribution < 1.29 is 24.2 Å². The van der Waals surface area contributed by atoms with Crippen LogP contribution in [0.1, 0.15) is 27.7 Å². The number of carboxylic acids is 1. The summed E-state index contributed by atoms with van der Waals surface area (Å²) in [5.74, 6) is -1.15. The molecule has 0 spiro atoms. The van der Waals surface area contributed by atoms with Gasteiger partial charge < -0.3 is 14.6 Å². The molecule has 0 aliphatic rings. The molecule has 1 atom stereocenters. The average molecular weight is 247 g/mol. The summed E-state index contributed by atoms with van der Waals surface area (Å²) in [5, 5.41) is 9.15. The minimum atomic E-state index is -1.45. The molecule has 0 radical (unpaired) electrons. The van der Waals surface area contributed by atoms with Gasteiger partial charge in [-0.25, -0.2) is 9.59 Å². The Morgan fingerprint density at radius 1 is 1.24 bits per heavy atom. The quantitative estimate of drug-likeness (QED) is 0.811. The molecular formula is C11H21NO5. The van der Waals surface area contributed by atoms with Crippen molar-refractivity contribution in [1.29, 1.82) is 0 Å². The number of aliphatic carboxylic acids is 1. The van der Waals surface area contributed by atoms with Crippen LogP contribution >= 0.6 is 0 Å². The number of methoxy groups -OCH3 is 1. The third-order valence-electron chi connectivity index (χ3n) is 2.29. The lowest BCUT2D eigenvalue weighted by Crippen LogP contribution is -2.57. The van der Waals surface area contributed by atoms with E-state index in [0.29, 0.717) is 0 Å². The summed E-state index contributed by atoms with van der Waals surface area (Å²) < 4.78 is 9.95. The minimum absolute atomic E-state index is 0.113. The summed E-state index contributed by atoms with van der Waals surface area (Å²) in [5.41, 5.74) is -2.12. The van der Waals surface area contributed by atoms with Crippen LogP contribution in [0, 0.1) is 0 Å². The number of amides is 1. The Bertz CT molecular complexity index is 297. The van der Waals surface area contributed by atoms with Crippen molar-refractivity contribution in [3.05, 3.63) is 0 Å². The van der Waals surface area contributed by atoms with Crippen molar-refractivity contribution in [2.24, 2.45) is 0 Å². The second kappa shape index (κ2) is 5.35. The van der Waals surface area contributed by atoms with Gasteiger partial charge in [0.15, 0.2) is 5.54 Å². The van der Waals surface area contributed by atoms with E-state index in [0.717, 1.165) is 4.90 Å². The third-order valence-corrected chi connectivity index (χ3v) is 2.29. The molecule has 0 fully saturated rings. The van der Waals surface area contributed by atoms with Gasteiger partial charge in [0.25, 0.3) is 0 Å². The predicted molar refractivity (Wildman–Crippen MR) is 61.9 cm³/mol. The molecule has 100 valence electrons. The lowest BCUT2D eigenvalue weighted by Gasteiger charge is -2.35. The molecule has 1 amide bonds. The van der Waals surface area contributed by atoms with Crippen molar-refractivity contribution in [3.63, 3.8) is 0 Å². The molecule has 0 aromatic heterocycles. The smallest absolute Gasteiger partial charge is 0.411 e. The number of nitrogens with zero attached hydrogens (tertiary/aromatic N) is 1. The zero-order chi connectivity index (χ0) is 13.9. The van der Waals surface area contributed by atoms with E-state index in [-0.39, 0.29) is 6.61 Å². The largest absolute Gasteiger partial charge is 0.479 e. The first-order valence-corrected chi connectivity index (χ1v) is 5.24. The van der Waals surface area contributed by atoms with Crippen molar-refractivity contribution in [2.45, 2.75) is 38.8 Å². The number of carbonyl (C=O) groups excluding carboxylic acids is 1. The van der Waals surface area contributed by atoms with Gasteiger partial charge in [-0.3, -0.25) is 4.90 Å². The van der Waals surface area contributed by atoms with E-state index in [4.69, 9.17) is 14.6 Å². The van der Waals surface area contributed by atoms with E-state index in [1.54, 1.807) is 20.8 Å². The number of carbonyl (C=O) groups is 2. The Morgan fingerprint density at radius 3 is 2.00 bits per heavy atom. The fraction of sp³-hybridized carbons (Fsp3) is 0.818. The van der Waals surface area contributed by atoms with Gasteiger partial charge in [-0.15, -0.1) is 0 Å². The first-order chi connectivity index (χ1) is 7.54. The molecular weight excluding hydrogens is 226 g/mol. The molecule has 0 bridgehead atoms. The summed E-state index contributed by atoms with van der Waals surface area (Å²) in [6.07, 6.45) is -0.695. The van der Waals surface area contributed by atoms with Gasteiger partial charge in [-0.1, -0.05) is 0 Å². The van der Waals surface area contributed by atoms with Gasteiger partial charge in [0.2, 0.25) is 0 Å². The monoisotopic (exact) mass is 247 g/mol. The summed E-state index contributed by atoms with van der Waals surface area (Å²) >= 11 is 0. The molecule has 0 aromatic carbocycles. The van der Waals surface area contributed by atoms with E-state index in [1.807, 2.05) is 0 Å². The van der Waals surface area contributed by atoms with Crippen LogP contribution in [0.4, 0.5) is 4.79 Å². The first kappa shape index (κ1) is 15.7. The lowest BCUT2D eigenvalue weighted by molar-refractivity contribution is -0.152. The Morgan fingerprint density at radius 2 is 1.71 bits per heavy atom. The summed E-state index contributed by atoms with van der Waals surface area (Å²) in [6, 6.07) is 0. The number of hydrogen-bond donors (Lipinski definition) is 1. The van der Waals surface area contributed by atoms with Gasteiger partial charge in [0.05, 0.1) is 6.61 Å². The molecule has 1 N–H and O–H groups in total. The van der Waals surface area contributed by atoms with Crippen LogP contribution in [-0.2, 0) is 14.3 Å². The molecule has 6 nitrogen and oxygen atoms in total. The number of carboxylic acid groups (broad SMARTS) is 1. The maximum atomic E-state index is 11.8.